The van der Waals surface area contributed by atoms with Crippen molar-refractivity contribution in [3.8, 4) is 0 Å². The van der Waals surface area contributed by atoms with Crippen LogP contribution < -0.4 is 5.56 Å². The molecule has 8 nitrogen and oxygen atoms in total. The quantitative estimate of drug-likeness (QED) is 0.753. The summed E-state index contributed by atoms with van der Waals surface area (Å²) in [6.45, 7) is 3.64. The van der Waals surface area contributed by atoms with E-state index in [-0.39, 0.29) is 35.4 Å². The molecule has 1 aromatic heterocycles. The van der Waals surface area contributed by atoms with E-state index in [0.717, 1.165) is 51.4 Å². The lowest BCUT2D eigenvalue weighted by Gasteiger charge is -2.39. The maximum Gasteiger partial charge on any atom is 0.254 e. The number of hydrogen-bond donors (Lipinski definition) is 1. The van der Waals surface area contributed by atoms with Gasteiger partial charge in [-0.05, 0) is 57.8 Å². The number of likely N-dealkylation sites (tertiary alicyclic amines) is 1. The maximum atomic E-state index is 13.4. The summed E-state index contributed by atoms with van der Waals surface area (Å²) in [4.78, 5) is 50.3. The van der Waals surface area contributed by atoms with Gasteiger partial charge in [0.2, 0.25) is 11.8 Å². The van der Waals surface area contributed by atoms with E-state index in [1.165, 1.54) is 0 Å². The van der Waals surface area contributed by atoms with E-state index >= 15 is 0 Å². The molecule has 8 heteroatoms. The Labute approximate surface area is 189 Å². The zero-order valence-electron chi connectivity index (χ0n) is 19.4. The minimum absolute atomic E-state index is 0.0218. The lowest BCUT2D eigenvalue weighted by molar-refractivity contribution is -0.141. The molecule has 0 aromatic carbocycles. The van der Waals surface area contributed by atoms with Crippen LogP contribution in [0.1, 0.15) is 87.8 Å². The van der Waals surface area contributed by atoms with Crippen molar-refractivity contribution in [2.75, 3.05) is 20.2 Å². The highest BCUT2D eigenvalue weighted by Crippen LogP contribution is 2.34. The fourth-order valence-corrected chi connectivity index (χ4v) is 5.46. The summed E-state index contributed by atoms with van der Waals surface area (Å²) in [6.07, 6.45) is 8.44. The summed E-state index contributed by atoms with van der Waals surface area (Å²) in [5.74, 6) is 0.901. The summed E-state index contributed by atoms with van der Waals surface area (Å²) >= 11 is 0. The van der Waals surface area contributed by atoms with Crippen molar-refractivity contribution in [3.05, 3.63) is 27.4 Å². The van der Waals surface area contributed by atoms with Gasteiger partial charge in [0, 0.05) is 38.1 Å². The summed E-state index contributed by atoms with van der Waals surface area (Å²) < 4.78 is 5.46. The molecule has 0 radical (unpaired) electrons. The van der Waals surface area contributed by atoms with Gasteiger partial charge in [-0.1, -0.05) is 6.92 Å². The standard InChI is InChI=1S/C24H36N4O4/c1-3-6-21(29)27-14-12-18-19(15-27)25-22(26-23(18)30)20-7-4-5-13-28(20)24(31)16-8-10-17(32-2)11-9-16/h16-17,20H,3-15H2,1-2H3,(H,25,26,30)/t16?,17?,20-/m1/s1. The van der Waals surface area contributed by atoms with E-state index in [9.17, 15) is 14.4 Å². The third-order valence-corrected chi connectivity index (χ3v) is 7.37. The first kappa shape index (κ1) is 23.0. The minimum Gasteiger partial charge on any atom is -0.381 e. The molecule has 3 aliphatic rings. The van der Waals surface area contributed by atoms with Gasteiger partial charge in [0.15, 0.2) is 0 Å². The number of methoxy groups -OCH3 is 1. The first-order chi connectivity index (χ1) is 15.5. The second-order valence-corrected chi connectivity index (χ2v) is 9.44. The van der Waals surface area contributed by atoms with Crippen LogP contribution in [0.25, 0.3) is 0 Å². The summed E-state index contributed by atoms with van der Waals surface area (Å²) in [7, 11) is 1.74. The van der Waals surface area contributed by atoms with Crippen LogP contribution in [-0.2, 0) is 27.3 Å². The average Bonchev–Trinajstić information content (AvgIpc) is 2.83. The first-order valence-electron chi connectivity index (χ1n) is 12.2. The zero-order valence-corrected chi connectivity index (χ0v) is 19.4. The second kappa shape index (κ2) is 10.1. The number of nitrogens with one attached hydrogen (secondary N) is 1. The number of piperidine rings is 1. The van der Waals surface area contributed by atoms with Crippen LogP contribution in [0.15, 0.2) is 4.79 Å². The van der Waals surface area contributed by atoms with Crippen LogP contribution >= 0.6 is 0 Å². The van der Waals surface area contributed by atoms with E-state index in [1.807, 2.05) is 11.8 Å². The Morgan fingerprint density at radius 1 is 1.12 bits per heavy atom. The van der Waals surface area contributed by atoms with Gasteiger partial charge in [-0.25, -0.2) is 4.98 Å². The molecule has 1 saturated carbocycles. The van der Waals surface area contributed by atoms with Crippen molar-refractivity contribution in [2.45, 2.75) is 89.8 Å². The fourth-order valence-electron chi connectivity index (χ4n) is 5.46. The fraction of sp³-hybridized carbons (Fsp3) is 0.750. The van der Waals surface area contributed by atoms with E-state index in [1.54, 1.807) is 12.0 Å². The summed E-state index contributed by atoms with van der Waals surface area (Å²) in [5, 5.41) is 0. The van der Waals surface area contributed by atoms with Crippen LogP contribution in [-0.4, -0.2) is 57.9 Å². The van der Waals surface area contributed by atoms with E-state index in [0.29, 0.717) is 49.6 Å². The molecule has 32 heavy (non-hydrogen) atoms. The molecular formula is C24H36N4O4. The molecule has 0 unspecified atom stereocenters. The van der Waals surface area contributed by atoms with Gasteiger partial charge in [0.05, 0.1) is 24.4 Å². The lowest BCUT2D eigenvalue weighted by Crippen LogP contribution is -2.45. The molecule has 4 rings (SSSR count). The van der Waals surface area contributed by atoms with Crippen molar-refractivity contribution in [1.82, 2.24) is 19.8 Å². The van der Waals surface area contributed by atoms with Crippen LogP contribution in [0.5, 0.6) is 0 Å². The molecule has 2 aliphatic heterocycles. The molecule has 2 fully saturated rings. The van der Waals surface area contributed by atoms with Gasteiger partial charge >= 0.3 is 0 Å². The van der Waals surface area contributed by atoms with Gasteiger partial charge in [-0.15, -0.1) is 0 Å². The third kappa shape index (κ3) is 4.75. The molecule has 0 bridgehead atoms. The molecule has 176 valence electrons. The molecule has 1 N–H and O–H groups in total. The average molecular weight is 445 g/mol. The number of aromatic amines is 1. The molecule has 3 heterocycles. The number of amides is 2. The normalized spacial score (nSPS) is 26.0. The monoisotopic (exact) mass is 444 g/mol. The molecule has 2 amide bonds. The maximum absolute atomic E-state index is 13.4. The van der Waals surface area contributed by atoms with Crippen LogP contribution in [0.2, 0.25) is 0 Å². The van der Waals surface area contributed by atoms with Crippen molar-refractivity contribution in [3.63, 3.8) is 0 Å². The number of ether oxygens (including phenoxy) is 1. The summed E-state index contributed by atoms with van der Waals surface area (Å²) in [5.41, 5.74) is 1.25. The van der Waals surface area contributed by atoms with Crippen molar-refractivity contribution < 1.29 is 14.3 Å². The van der Waals surface area contributed by atoms with Crippen LogP contribution in [0.4, 0.5) is 0 Å². The third-order valence-electron chi connectivity index (χ3n) is 7.37. The molecule has 0 spiro atoms. The van der Waals surface area contributed by atoms with E-state index in [4.69, 9.17) is 9.72 Å². The number of rotatable bonds is 5. The Bertz CT molecular complexity index is 890. The Morgan fingerprint density at radius 3 is 2.62 bits per heavy atom. The molecule has 1 aromatic rings. The number of carbonyl (C=O) groups is 2. The predicted octanol–water partition coefficient (Wildman–Crippen LogP) is 2.71. The van der Waals surface area contributed by atoms with Gasteiger partial charge in [-0.2, -0.15) is 0 Å². The Hall–Kier alpha value is -2.22. The Morgan fingerprint density at radius 2 is 1.91 bits per heavy atom. The molecule has 1 aliphatic carbocycles. The SMILES string of the molecule is CCCC(=O)N1CCc2c(nc([C@H]3CCCCN3C(=O)C3CCC(OC)CC3)[nH]c2=O)C1. The van der Waals surface area contributed by atoms with Gasteiger partial charge in [0.1, 0.15) is 5.82 Å². The Balaban J connectivity index is 1.54. The molecular weight excluding hydrogens is 408 g/mol. The summed E-state index contributed by atoms with van der Waals surface area (Å²) in [6, 6.07) is -0.198. The van der Waals surface area contributed by atoms with E-state index < -0.39 is 0 Å². The lowest BCUT2D eigenvalue weighted by atomic mass is 9.85. The van der Waals surface area contributed by atoms with Crippen LogP contribution in [0, 0.1) is 5.92 Å². The largest absolute Gasteiger partial charge is 0.381 e. The van der Waals surface area contributed by atoms with Gasteiger partial charge in [-0.3, -0.25) is 14.4 Å². The molecule has 1 saturated heterocycles. The number of nitrogens with zero attached hydrogens (tertiary/aromatic N) is 3. The van der Waals surface area contributed by atoms with E-state index in [2.05, 4.69) is 4.98 Å². The Kier molecular flexibility index (Phi) is 7.28. The highest BCUT2D eigenvalue weighted by atomic mass is 16.5. The first-order valence-corrected chi connectivity index (χ1v) is 12.2. The second-order valence-electron chi connectivity index (χ2n) is 9.44. The highest BCUT2D eigenvalue weighted by molar-refractivity contribution is 5.79. The van der Waals surface area contributed by atoms with Crippen molar-refractivity contribution >= 4 is 11.8 Å². The highest BCUT2D eigenvalue weighted by Gasteiger charge is 2.36. The number of aromatic nitrogens is 2. The van der Waals surface area contributed by atoms with Gasteiger partial charge < -0.3 is 19.5 Å². The van der Waals surface area contributed by atoms with Crippen LogP contribution in [0.3, 0.4) is 0 Å². The number of fused-ring (bicyclic) bond motifs is 1. The molecule has 1 atom stereocenters. The van der Waals surface area contributed by atoms with Gasteiger partial charge in [0.25, 0.3) is 5.56 Å². The number of hydrogen-bond acceptors (Lipinski definition) is 5. The van der Waals surface area contributed by atoms with Crippen molar-refractivity contribution in [1.29, 1.82) is 0 Å². The zero-order chi connectivity index (χ0) is 22.7. The predicted molar refractivity (Wildman–Crippen MR) is 120 cm³/mol. The topological polar surface area (TPSA) is 95.6 Å². The smallest absolute Gasteiger partial charge is 0.254 e. The number of H-pyrrole nitrogens is 1. The number of carbonyl (C=O) groups excluding carboxylic acids is 2. The minimum atomic E-state index is -0.198. The van der Waals surface area contributed by atoms with Crippen molar-refractivity contribution in [2.24, 2.45) is 5.92 Å².